The Morgan fingerprint density at radius 3 is 1.75 bits per heavy atom. The molecule has 2 nitrogen and oxygen atoms in total. The van der Waals surface area contributed by atoms with Gasteiger partial charge < -0.3 is 11.5 Å². The molecule has 0 aliphatic carbocycles. The Kier molecular flexibility index (Phi) is 14.6. The predicted octanol–water partition coefficient (Wildman–Crippen LogP) is 1.31. The van der Waals surface area contributed by atoms with Crippen LogP contribution in [0.2, 0.25) is 0 Å². The molecule has 0 aromatic heterocycles. The maximum Gasteiger partial charge on any atom is 0.0137 e. The predicted molar refractivity (Wildman–Crippen MR) is 64.2 cm³/mol. The molecule has 12 heavy (non-hydrogen) atoms. The van der Waals surface area contributed by atoms with E-state index in [0.717, 1.165) is 18.6 Å². The third-order valence-electron chi connectivity index (χ3n) is 1.50. The van der Waals surface area contributed by atoms with Crippen LogP contribution in [0.4, 0.5) is 0 Å². The van der Waals surface area contributed by atoms with E-state index in [1.807, 2.05) is 0 Å². The van der Waals surface area contributed by atoms with Gasteiger partial charge in [-0.25, -0.2) is 0 Å². The van der Waals surface area contributed by atoms with Gasteiger partial charge in [0.2, 0.25) is 0 Å². The second-order valence-corrected chi connectivity index (χ2v) is 3.74. The molecule has 0 bridgehead atoms. The number of hydrogen-bond donors (Lipinski definition) is 4. The highest BCUT2D eigenvalue weighted by Crippen LogP contribution is 1.94. The van der Waals surface area contributed by atoms with Crippen molar-refractivity contribution < 1.29 is 0 Å². The Hall–Kier alpha value is 0.620. The van der Waals surface area contributed by atoms with E-state index in [-0.39, 0.29) is 0 Å². The first-order valence-corrected chi connectivity index (χ1v) is 5.51. The molecule has 0 fully saturated rings. The molecule has 4 N–H and O–H groups in total. The van der Waals surface area contributed by atoms with E-state index in [9.17, 15) is 0 Å². The molecule has 2 atom stereocenters. The van der Waals surface area contributed by atoms with Crippen LogP contribution in [0, 0.1) is 0 Å². The van der Waals surface area contributed by atoms with E-state index in [0.29, 0.717) is 17.8 Å². The average Bonchev–Trinajstić information content (AvgIpc) is 2.16. The third-order valence-corrected chi connectivity index (χ3v) is 2.55. The van der Waals surface area contributed by atoms with Crippen LogP contribution in [-0.4, -0.2) is 23.6 Å². The monoisotopic (exact) mass is 210 g/mol. The molecule has 0 aliphatic heterocycles. The number of nitrogens with two attached hydrogens (primary N) is 2. The summed E-state index contributed by atoms with van der Waals surface area (Å²) in [5.74, 6) is 0.802. The van der Waals surface area contributed by atoms with Crippen molar-refractivity contribution in [3.8, 4) is 0 Å². The van der Waals surface area contributed by atoms with Crippen LogP contribution in [0.5, 0.6) is 0 Å². The van der Waals surface area contributed by atoms with Crippen molar-refractivity contribution in [3.63, 3.8) is 0 Å². The second-order valence-electron chi connectivity index (χ2n) is 2.65. The normalized spacial score (nSPS) is 14.5. The minimum atomic E-state index is 0.299. The summed E-state index contributed by atoms with van der Waals surface area (Å²) in [5, 5.41) is 0.407. The Labute approximate surface area is 87.3 Å². The summed E-state index contributed by atoms with van der Waals surface area (Å²) in [4.78, 5) is 0. The minimum Gasteiger partial charge on any atom is -0.329 e. The van der Waals surface area contributed by atoms with Gasteiger partial charge in [-0.3, -0.25) is 0 Å². The summed E-state index contributed by atoms with van der Waals surface area (Å²) in [7, 11) is 0. The fraction of sp³-hybridized carbons (Fsp3) is 1.00. The van der Waals surface area contributed by atoms with Crippen molar-refractivity contribution in [3.05, 3.63) is 0 Å². The van der Waals surface area contributed by atoms with Gasteiger partial charge in [0.15, 0.2) is 0 Å². The fourth-order valence-corrected chi connectivity index (χ4v) is 0.554. The van der Waals surface area contributed by atoms with Crippen LogP contribution in [0.3, 0.4) is 0 Å². The van der Waals surface area contributed by atoms with Crippen molar-refractivity contribution in [2.24, 2.45) is 11.5 Å². The van der Waals surface area contributed by atoms with Gasteiger partial charge in [0.05, 0.1) is 0 Å². The Morgan fingerprint density at radius 2 is 1.75 bits per heavy atom. The van der Waals surface area contributed by atoms with Gasteiger partial charge in [0, 0.05) is 23.6 Å². The molecule has 0 aromatic rings. The maximum absolute atomic E-state index is 5.40. The molecule has 0 spiro atoms. The van der Waals surface area contributed by atoms with Crippen LogP contribution < -0.4 is 11.5 Å². The van der Waals surface area contributed by atoms with E-state index in [1.54, 1.807) is 0 Å². The maximum atomic E-state index is 5.40. The Morgan fingerprint density at radius 1 is 1.25 bits per heavy atom. The summed E-state index contributed by atoms with van der Waals surface area (Å²) in [6.45, 7) is 4.82. The lowest BCUT2D eigenvalue weighted by atomic mass is 10.3. The molecule has 0 amide bonds. The van der Waals surface area contributed by atoms with E-state index in [4.69, 9.17) is 11.5 Å². The van der Waals surface area contributed by atoms with Gasteiger partial charge >= 0.3 is 0 Å². The third kappa shape index (κ3) is 13.2. The molecule has 0 rings (SSSR count). The van der Waals surface area contributed by atoms with Crippen molar-refractivity contribution in [2.75, 3.05) is 12.3 Å². The van der Waals surface area contributed by atoms with E-state index < -0.39 is 0 Å². The zero-order valence-corrected chi connectivity index (χ0v) is 9.82. The standard InChI is InChI=1S/2C4H11NS/c1-2-4(5)3-6;1-2-4(6)3-5/h2*4,6H,2-3,5H2,1H3. The summed E-state index contributed by atoms with van der Waals surface area (Å²) in [6.07, 6.45) is 2.10. The smallest absolute Gasteiger partial charge is 0.0137 e. The minimum absolute atomic E-state index is 0.299. The molecular weight excluding hydrogens is 188 g/mol. The van der Waals surface area contributed by atoms with Crippen LogP contribution >= 0.6 is 25.3 Å². The van der Waals surface area contributed by atoms with Gasteiger partial charge in [-0.15, -0.1) is 0 Å². The van der Waals surface area contributed by atoms with Gasteiger partial charge in [-0.1, -0.05) is 13.8 Å². The van der Waals surface area contributed by atoms with Crippen molar-refractivity contribution in [1.29, 1.82) is 0 Å². The van der Waals surface area contributed by atoms with Crippen molar-refractivity contribution >= 4 is 25.3 Å². The zero-order chi connectivity index (χ0) is 9.98. The molecule has 76 valence electrons. The van der Waals surface area contributed by atoms with Crippen LogP contribution in [0.25, 0.3) is 0 Å². The Bertz CT molecular complexity index is 63.5. The van der Waals surface area contributed by atoms with Gasteiger partial charge in [0.25, 0.3) is 0 Å². The first kappa shape index (κ1) is 15.1. The van der Waals surface area contributed by atoms with Gasteiger partial charge in [0.1, 0.15) is 0 Å². The highest BCUT2D eigenvalue weighted by Gasteiger charge is 1.90. The largest absolute Gasteiger partial charge is 0.329 e. The van der Waals surface area contributed by atoms with Gasteiger partial charge in [-0.05, 0) is 12.8 Å². The van der Waals surface area contributed by atoms with Crippen LogP contribution in [0.15, 0.2) is 0 Å². The summed E-state index contributed by atoms with van der Waals surface area (Å²) in [5.41, 5.74) is 10.6. The van der Waals surface area contributed by atoms with Crippen LogP contribution in [0.1, 0.15) is 26.7 Å². The van der Waals surface area contributed by atoms with E-state index in [1.165, 1.54) is 0 Å². The molecule has 0 saturated heterocycles. The SMILES string of the molecule is CCC(N)CS.CCC(S)CN. The number of hydrogen-bond acceptors (Lipinski definition) is 4. The zero-order valence-electron chi connectivity index (χ0n) is 8.03. The summed E-state index contributed by atoms with van der Waals surface area (Å²) < 4.78 is 0. The first-order valence-electron chi connectivity index (χ1n) is 4.36. The Balaban J connectivity index is 0. The molecule has 0 radical (unpaired) electrons. The van der Waals surface area contributed by atoms with E-state index >= 15 is 0 Å². The quantitative estimate of drug-likeness (QED) is 0.529. The van der Waals surface area contributed by atoms with Gasteiger partial charge in [-0.2, -0.15) is 25.3 Å². The molecule has 0 saturated carbocycles. The lowest BCUT2D eigenvalue weighted by molar-refractivity contribution is 0.727. The molecule has 0 aliphatic rings. The number of thiol groups is 2. The number of rotatable bonds is 4. The van der Waals surface area contributed by atoms with Crippen LogP contribution in [-0.2, 0) is 0 Å². The highest BCUT2D eigenvalue weighted by atomic mass is 32.1. The molecule has 2 unspecified atom stereocenters. The van der Waals surface area contributed by atoms with Crippen molar-refractivity contribution in [1.82, 2.24) is 0 Å². The molecular formula is C8H22N2S2. The fourth-order valence-electron chi connectivity index (χ4n) is 0.296. The first-order chi connectivity index (χ1) is 5.62. The summed E-state index contributed by atoms with van der Waals surface area (Å²) >= 11 is 8.08. The highest BCUT2D eigenvalue weighted by molar-refractivity contribution is 7.81. The van der Waals surface area contributed by atoms with E-state index in [2.05, 4.69) is 39.1 Å². The topological polar surface area (TPSA) is 52.0 Å². The molecule has 0 aromatic carbocycles. The lowest BCUT2D eigenvalue weighted by Crippen LogP contribution is -2.19. The molecule has 4 heteroatoms. The second kappa shape index (κ2) is 11.6. The lowest BCUT2D eigenvalue weighted by Gasteiger charge is -1.99. The molecule has 0 heterocycles. The average molecular weight is 210 g/mol. The summed E-state index contributed by atoms with van der Waals surface area (Å²) in [6, 6.07) is 0.299. The van der Waals surface area contributed by atoms with Crippen molar-refractivity contribution in [2.45, 2.75) is 38.0 Å².